The van der Waals surface area contributed by atoms with Gasteiger partial charge in [-0.3, -0.25) is 4.79 Å². The topological polar surface area (TPSA) is 35.5 Å². The van der Waals surface area contributed by atoms with Crippen molar-refractivity contribution in [2.75, 3.05) is 20.3 Å². The van der Waals surface area contributed by atoms with E-state index in [1.54, 1.807) is 18.2 Å². The largest absolute Gasteiger partial charge is 0.490 e. The van der Waals surface area contributed by atoms with E-state index >= 15 is 0 Å². The lowest BCUT2D eigenvalue weighted by Crippen LogP contribution is -2.10. The highest BCUT2D eigenvalue weighted by Crippen LogP contribution is 2.23. The number of rotatable bonds is 6. The van der Waals surface area contributed by atoms with Crippen LogP contribution in [-0.2, 0) is 4.74 Å². The molecular weight excluding hydrogens is 278 g/mol. The van der Waals surface area contributed by atoms with Crippen molar-refractivity contribution in [3.8, 4) is 5.75 Å². The van der Waals surface area contributed by atoms with Crippen molar-refractivity contribution in [1.29, 1.82) is 0 Å². The van der Waals surface area contributed by atoms with E-state index in [1.807, 2.05) is 0 Å². The molecule has 0 N–H and O–H groups in total. The van der Waals surface area contributed by atoms with E-state index in [0.717, 1.165) is 18.2 Å². The zero-order valence-corrected chi connectivity index (χ0v) is 11.4. The maximum absolute atomic E-state index is 13.7. The molecule has 0 aliphatic carbocycles. The third-order valence-corrected chi connectivity index (χ3v) is 2.85. The van der Waals surface area contributed by atoms with Gasteiger partial charge in [-0.15, -0.1) is 0 Å². The first-order chi connectivity index (χ1) is 10.1. The lowest BCUT2D eigenvalue weighted by atomic mass is 10.0. The van der Waals surface area contributed by atoms with Gasteiger partial charge in [-0.2, -0.15) is 0 Å². The van der Waals surface area contributed by atoms with Crippen LogP contribution in [0.25, 0.3) is 0 Å². The summed E-state index contributed by atoms with van der Waals surface area (Å²) < 4.78 is 37.2. The van der Waals surface area contributed by atoms with Gasteiger partial charge < -0.3 is 9.47 Å². The number of carbonyl (C=O) groups excluding carboxylic acids is 1. The molecule has 0 amide bonds. The lowest BCUT2D eigenvalue weighted by Gasteiger charge is -2.11. The van der Waals surface area contributed by atoms with Gasteiger partial charge >= 0.3 is 0 Å². The van der Waals surface area contributed by atoms with Crippen molar-refractivity contribution in [1.82, 2.24) is 0 Å². The smallest absolute Gasteiger partial charge is 0.199 e. The zero-order valence-electron chi connectivity index (χ0n) is 11.4. The molecule has 110 valence electrons. The second-order valence-corrected chi connectivity index (χ2v) is 4.29. The molecular formula is C16H14F2O3. The van der Waals surface area contributed by atoms with Crippen molar-refractivity contribution in [3.05, 3.63) is 65.2 Å². The predicted molar refractivity (Wildman–Crippen MR) is 73.6 cm³/mol. The van der Waals surface area contributed by atoms with Crippen LogP contribution in [0.15, 0.2) is 42.5 Å². The molecule has 5 heteroatoms. The van der Waals surface area contributed by atoms with Crippen molar-refractivity contribution in [2.24, 2.45) is 0 Å². The molecule has 0 atom stereocenters. The summed E-state index contributed by atoms with van der Waals surface area (Å²) in [6.07, 6.45) is 0. The minimum Gasteiger partial charge on any atom is -0.490 e. The Morgan fingerprint density at radius 1 is 1.05 bits per heavy atom. The highest BCUT2D eigenvalue weighted by molar-refractivity contribution is 6.10. The SMILES string of the molecule is COCCOc1ccccc1C(=O)c1cc(F)ccc1F. The molecule has 21 heavy (non-hydrogen) atoms. The van der Waals surface area contributed by atoms with E-state index in [0.29, 0.717) is 12.4 Å². The predicted octanol–water partition coefficient (Wildman–Crippen LogP) is 3.22. The van der Waals surface area contributed by atoms with E-state index in [1.165, 1.54) is 13.2 Å². The first-order valence-electron chi connectivity index (χ1n) is 6.34. The van der Waals surface area contributed by atoms with Gasteiger partial charge in [0, 0.05) is 7.11 Å². The van der Waals surface area contributed by atoms with Crippen molar-refractivity contribution >= 4 is 5.78 Å². The van der Waals surface area contributed by atoms with Gasteiger partial charge in [0.15, 0.2) is 5.78 Å². The molecule has 2 aromatic carbocycles. The summed E-state index contributed by atoms with van der Waals surface area (Å²) in [4.78, 5) is 12.4. The van der Waals surface area contributed by atoms with E-state index in [2.05, 4.69) is 0 Å². The Kier molecular flexibility index (Phi) is 5.00. The molecule has 0 fully saturated rings. The summed E-state index contributed by atoms with van der Waals surface area (Å²) in [5.41, 5.74) is -0.143. The maximum Gasteiger partial charge on any atom is 0.199 e. The van der Waals surface area contributed by atoms with Crippen LogP contribution >= 0.6 is 0 Å². The monoisotopic (exact) mass is 292 g/mol. The highest BCUT2D eigenvalue weighted by atomic mass is 19.1. The second-order valence-electron chi connectivity index (χ2n) is 4.29. The molecule has 0 spiro atoms. The van der Waals surface area contributed by atoms with E-state index < -0.39 is 17.4 Å². The maximum atomic E-state index is 13.7. The van der Waals surface area contributed by atoms with Crippen LogP contribution in [0.1, 0.15) is 15.9 Å². The number of para-hydroxylation sites is 1. The molecule has 0 aliphatic rings. The van der Waals surface area contributed by atoms with Crippen LogP contribution in [0.3, 0.4) is 0 Å². The Morgan fingerprint density at radius 3 is 2.57 bits per heavy atom. The Balaban J connectivity index is 2.32. The van der Waals surface area contributed by atoms with E-state index in [9.17, 15) is 13.6 Å². The number of carbonyl (C=O) groups is 1. The average molecular weight is 292 g/mol. The van der Waals surface area contributed by atoms with Gasteiger partial charge in [-0.05, 0) is 30.3 Å². The fraction of sp³-hybridized carbons (Fsp3) is 0.188. The summed E-state index contributed by atoms with van der Waals surface area (Å²) >= 11 is 0. The quantitative estimate of drug-likeness (QED) is 0.606. The molecule has 0 bridgehead atoms. The molecule has 2 aromatic rings. The van der Waals surface area contributed by atoms with Gasteiger partial charge in [0.05, 0.1) is 17.7 Å². The molecule has 0 saturated heterocycles. The van der Waals surface area contributed by atoms with Crippen LogP contribution in [0, 0.1) is 11.6 Å². The first kappa shape index (κ1) is 15.1. The molecule has 3 nitrogen and oxygen atoms in total. The van der Waals surface area contributed by atoms with Crippen LogP contribution in [0.2, 0.25) is 0 Å². The Hall–Kier alpha value is -2.27. The molecule has 0 aromatic heterocycles. The fourth-order valence-corrected chi connectivity index (χ4v) is 1.83. The average Bonchev–Trinajstić information content (AvgIpc) is 2.50. The Labute approximate surface area is 121 Å². The van der Waals surface area contributed by atoms with E-state index in [4.69, 9.17) is 9.47 Å². The summed E-state index contributed by atoms with van der Waals surface area (Å²) in [6.45, 7) is 0.614. The number of methoxy groups -OCH3 is 1. The van der Waals surface area contributed by atoms with Gasteiger partial charge in [-0.25, -0.2) is 8.78 Å². The highest BCUT2D eigenvalue weighted by Gasteiger charge is 2.18. The zero-order chi connectivity index (χ0) is 15.2. The van der Waals surface area contributed by atoms with Crippen molar-refractivity contribution in [3.63, 3.8) is 0 Å². The molecule has 2 rings (SSSR count). The summed E-state index contributed by atoms with van der Waals surface area (Å²) in [5.74, 6) is -1.76. The normalized spacial score (nSPS) is 10.4. The standard InChI is InChI=1S/C16H14F2O3/c1-20-8-9-21-15-5-3-2-4-12(15)16(19)13-10-11(17)6-7-14(13)18/h2-7,10H,8-9H2,1H3. The van der Waals surface area contributed by atoms with Gasteiger partial charge in [-0.1, -0.05) is 12.1 Å². The number of ether oxygens (including phenoxy) is 2. The number of hydrogen-bond acceptors (Lipinski definition) is 3. The van der Waals surface area contributed by atoms with Crippen molar-refractivity contribution < 1.29 is 23.0 Å². The summed E-state index contributed by atoms with van der Waals surface area (Å²) in [6, 6.07) is 9.21. The van der Waals surface area contributed by atoms with Gasteiger partial charge in [0.1, 0.15) is 24.0 Å². The van der Waals surface area contributed by atoms with Crippen LogP contribution < -0.4 is 4.74 Å². The van der Waals surface area contributed by atoms with Crippen molar-refractivity contribution in [2.45, 2.75) is 0 Å². The van der Waals surface area contributed by atoms with Gasteiger partial charge in [0.2, 0.25) is 0 Å². The third kappa shape index (κ3) is 3.64. The minimum atomic E-state index is -0.770. The Bertz CT molecular complexity index is 641. The number of hydrogen-bond donors (Lipinski definition) is 0. The van der Waals surface area contributed by atoms with Crippen LogP contribution in [-0.4, -0.2) is 26.1 Å². The fourth-order valence-electron chi connectivity index (χ4n) is 1.83. The molecule has 0 aliphatic heterocycles. The summed E-state index contributed by atoms with van der Waals surface area (Å²) in [5, 5.41) is 0. The lowest BCUT2D eigenvalue weighted by molar-refractivity contribution is 0.102. The number of benzene rings is 2. The van der Waals surface area contributed by atoms with Crippen LogP contribution in [0.4, 0.5) is 8.78 Å². The number of ketones is 1. The van der Waals surface area contributed by atoms with E-state index in [-0.39, 0.29) is 17.7 Å². The first-order valence-corrected chi connectivity index (χ1v) is 6.34. The Morgan fingerprint density at radius 2 is 1.81 bits per heavy atom. The third-order valence-electron chi connectivity index (χ3n) is 2.85. The molecule has 0 radical (unpaired) electrons. The van der Waals surface area contributed by atoms with Crippen LogP contribution in [0.5, 0.6) is 5.75 Å². The minimum absolute atomic E-state index is 0.179. The molecule has 0 saturated carbocycles. The molecule has 0 unspecified atom stereocenters. The number of halogens is 2. The molecule has 0 heterocycles. The van der Waals surface area contributed by atoms with Gasteiger partial charge in [0.25, 0.3) is 0 Å². The summed E-state index contributed by atoms with van der Waals surface area (Å²) in [7, 11) is 1.53. The second kappa shape index (κ2) is 6.95.